The Balaban J connectivity index is 2.50. The maximum atomic E-state index is 13.2. The molecular formula is C19H23ClN2O4S. The van der Waals surface area contributed by atoms with Crippen molar-refractivity contribution in [3.63, 3.8) is 0 Å². The molecule has 27 heavy (non-hydrogen) atoms. The minimum Gasteiger partial charge on any atom is -0.495 e. The number of nitrogens with one attached hydrogen (secondary N) is 1. The van der Waals surface area contributed by atoms with E-state index >= 15 is 0 Å². The Kier molecular flexibility index (Phi) is 6.73. The highest BCUT2D eigenvalue weighted by Gasteiger charge is 2.28. The first kappa shape index (κ1) is 21.1. The topological polar surface area (TPSA) is 75.7 Å². The van der Waals surface area contributed by atoms with E-state index in [-0.39, 0.29) is 28.2 Å². The van der Waals surface area contributed by atoms with Gasteiger partial charge in [-0.3, -0.25) is 9.10 Å². The number of carbonyl (C=O) groups excluding carboxylic acids is 1. The minimum atomic E-state index is -3.97. The number of hydrogen-bond acceptors (Lipinski definition) is 4. The predicted molar refractivity (Wildman–Crippen MR) is 107 cm³/mol. The number of hydrogen-bond donors (Lipinski definition) is 1. The van der Waals surface area contributed by atoms with E-state index in [1.54, 1.807) is 38.1 Å². The Hall–Kier alpha value is -2.25. The second kappa shape index (κ2) is 8.63. The summed E-state index contributed by atoms with van der Waals surface area (Å²) >= 11 is 6.16. The molecule has 0 aromatic heterocycles. The fraction of sp³-hybridized carbons (Fsp3) is 0.316. The van der Waals surface area contributed by atoms with Crippen LogP contribution in [0.25, 0.3) is 0 Å². The molecule has 0 aliphatic rings. The van der Waals surface area contributed by atoms with Crippen LogP contribution >= 0.6 is 11.6 Å². The van der Waals surface area contributed by atoms with Gasteiger partial charge in [0, 0.05) is 6.04 Å². The third kappa shape index (κ3) is 5.14. The summed E-state index contributed by atoms with van der Waals surface area (Å²) in [6, 6.07) is 10.9. The number of amides is 1. The van der Waals surface area contributed by atoms with Gasteiger partial charge < -0.3 is 10.1 Å². The molecule has 0 fully saturated rings. The average molecular weight is 411 g/mol. The summed E-state index contributed by atoms with van der Waals surface area (Å²) in [5.41, 5.74) is 1.21. The van der Waals surface area contributed by atoms with Crippen molar-refractivity contribution in [2.45, 2.75) is 31.7 Å². The van der Waals surface area contributed by atoms with E-state index in [1.165, 1.54) is 25.3 Å². The highest BCUT2D eigenvalue weighted by Crippen LogP contribution is 2.31. The van der Waals surface area contributed by atoms with Gasteiger partial charge in [-0.2, -0.15) is 0 Å². The quantitative estimate of drug-likeness (QED) is 0.759. The van der Waals surface area contributed by atoms with Crippen molar-refractivity contribution in [1.82, 2.24) is 5.32 Å². The maximum Gasteiger partial charge on any atom is 0.264 e. The average Bonchev–Trinajstić information content (AvgIpc) is 2.59. The van der Waals surface area contributed by atoms with Gasteiger partial charge in [0.15, 0.2) is 0 Å². The van der Waals surface area contributed by atoms with Crippen molar-refractivity contribution in [3.05, 3.63) is 53.1 Å². The van der Waals surface area contributed by atoms with Crippen LogP contribution < -0.4 is 14.4 Å². The Morgan fingerprint density at radius 3 is 2.33 bits per heavy atom. The number of sulfonamides is 1. The molecule has 2 rings (SSSR count). The van der Waals surface area contributed by atoms with Gasteiger partial charge in [-0.05, 0) is 51.1 Å². The van der Waals surface area contributed by atoms with Crippen LogP contribution in [0.15, 0.2) is 47.4 Å². The van der Waals surface area contributed by atoms with Crippen molar-refractivity contribution >= 4 is 33.2 Å². The summed E-state index contributed by atoms with van der Waals surface area (Å²) in [7, 11) is -2.50. The number of ether oxygens (including phenoxy) is 1. The van der Waals surface area contributed by atoms with Gasteiger partial charge in [0.2, 0.25) is 5.91 Å². The van der Waals surface area contributed by atoms with Crippen molar-refractivity contribution in [1.29, 1.82) is 0 Å². The molecule has 0 saturated carbocycles. The van der Waals surface area contributed by atoms with Crippen LogP contribution in [-0.4, -0.2) is 34.0 Å². The van der Waals surface area contributed by atoms with Gasteiger partial charge in [-0.15, -0.1) is 0 Å². The van der Waals surface area contributed by atoms with E-state index in [0.717, 1.165) is 9.87 Å². The van der Waals surface area contributed by atoms with Gasteiger partial charge in [-0.1, -0.05) is 29.3 Å². The highest BCUT2D eigenvalue weighted by atomic mass is 35.5. The van der Waals surface area contributed by atoms with E-state index in [9.17, 15) is 13.2 Å². The lowest BCUT2D eigenvalue weighted by Gasteiger charge is -2.25. The first-order valence-electron chi connectivity index (χ1n) is 8.37. The molecule has 0 spiro atoms. The van der Waals surface area contributed by atoms with Gasteiger partial charge in [0.05, 0.1) is 22.7 Å². The van der Waals surface area contributed by atoms with E-state index in [4.69, 9.17) is 16.3 Å². The molecular weight excluding hydrogens is 388 g/mol. The van der Waals surface area contributed by atoms with Crippen LogP contribution in [0.1, 0.15) is 19.4 Å². The third-order valence-electron chi connectivity index (χ3n) is 3.77. The number of methoxy groups -OCH3 is 1. The summed E-state index contributed by atoms with van der Waals surface area (Å²) in [6.07, 6.45) is 0. The number of rotatable bonds is 7. The molecule has 0 saturated heterocycles. The normalized spacial score (nSPS) is 11.3. The van der Waals surface area contributed by atoms with Crippen LogP contribution in [0.5, 0.6) is 5.75 Å². The summed E-state index contributed by atoms with van der Waals surface area (Å²) < 4.78 is 32.6. The number of aryl methyl sites for hydroxylation is 1. The molecule has 0 heterocycles. The zero-order valence-electron chi connectivity index (χ0n) is 15.7. The molecule has 6 nitrogen and oxygen atoms in total. The maximum absolute atomic E-state index is 13.2. The SMILES string of the molecule is COc1ccc(N(CC(=O)NC(C)C)S(=O)(=O)c2ccc(C)cc2)cc1Cl. The molecule has 0 radical (unpaired) electrons. The molecule has 1 amide bonds. The molecule has 0 atom stereocenters. The standard InChI is InChI=1S/C19H23ClN2O4S/c1-13(2)21-19(23)12-22(15-7-10-18(26-4)17(20)11-15)27(24,25)16-8-5-14(3)6-9-16/h5-11,13H,12H2,1-4H3,(H,21,23). The summed E-state index contributed by atoms with van der Waals surface area (Å²) in [5, 5.41) is 2.96. The largest absolute Gasteiger partial charge is 0.495 e. The molecule has 0 unspecified atom stereocenters. The minimum absolute atomic E-state index is 0.0948. The monoisotopic (exact) mass is 410 g/mol. The lowest BCUT2D eigenvalue weighted by molar-refractivity contribution is -0.120. The summed E-state index contributed by atoms with van der Waals surface area (Å²) in [6.45, 7) is 5.12. The predicted octanol–water partition coefficient (Wildman–Crippen LogP) is 3.38. The Labute approximate surface area is 165 Å². The number of carbonyl (C=O) groups is 1. The van der Waals surface area contributed by atoms with Crippen LogP contribution in [0.2, 0.25) is 5.02 Å². The second-order valence-corrected chi connectivity index (χ2v) is 8.64. The fourth-order valence-corrected chi connectivity index (χ4v) is 4.13. The van der Waals surface area contributed by atoms with Crippen molar-refractivity contribution in [2.75, 3.05) is 18.0 Å². The zero-order chi connectivity index (χ0) is 20.2. The Bertz CT molecular complexity index is 912. The smallest absolute Gasteiger partial charge is 0.264 e. The van der Waals surface area contributed by atoms with Crippen LogP contribution in [0.4, 0.5) is 5.69 Å². The third-order valence-corrected chi connectivity index (χ3v) is 5.85. The summed E-state index contributed by atoms with van der Waals surface area (Å²) in [4.78, 5) is 12.4. The van der Waals surface area contributed by atoms with Gasteiger partial charge in [0.1, 0.15) is 12.3 Å². The highest BCUT2D eigenvalue weighted by molar-refractivity contribution is 7.92. The van der Waals surface area contributed by atoms with E-state index in [2.05, 4.69) is 5.32 Å². The lowest BCUT2D eigenvalue weighted by Crippen LogP contribution is -2.42. The van der Waals surface area contributed by atoms with Gasteiger partial charge in [0.25, 0.3) is 10.0 Å². The molecule has 1 N–H and O–H groups in total. The Morgan fingerprint density at radius 1 is 1.19 bits per heavy atom. The van der Waals surface area contributed by atoms with Crippen LogP contribution in [-0.2, 0) is 14.8 Å². The molecule has 2 aromatic rings. The lowest BCUT2D eigenvalue weighted by atomic mass is 10.2. The fourth-order valence-electron chi connectivity index (χ4n) is 2.46. The van der Waals surface area contributed by atoms with Crippen molar-refractivity contribution in [3.8, 4) is 5.75 Å². The van der Waals surface area contributed by atoms with E-state index in [0.29, 0.717) is 5.75 Å². The second-order valence-electron chi connectivity index (χ2n) is 6.37. The molecule has 146 valence electrons. The van der Waals surface area contributed by atoms with Crippen LogP contribution in [0.3, 0.4) is 0 Å². The first-order valence-corrected chi connectivity index (χ1v) is 10.2. The van der Waals surface area contributed by atoms with Crippen molar-refractivity contribution < 1.29 is 17.9 Å². The molecule has 0 bridgehead atoms. The van der Waals surface area contributed by atoms with Crippen molar-refractivity contribution in [2.24, 2.45) is 0 Å². The van der Waals surface area contributed by atoms with Gasteiger partial charge in [-0.25, -0.2) is 8.42 Å². The molecule has 0 aliphatic carbocycles. The number of halogens is 1. The van der Waals surface area contributed by atoms with E-state index in [1.807, 2.05) is 6.92 Å². The van der Waals surface area contributed by atoms with Crippen LogP contribution in [0, 0.1) is 6.92 Å². The van der Waals surface area contributed by atoms with Gasteiger partial charge >= 0.3 is 0 Å². The molecule has 2 aromatic carbocycles. The Morgan fingerprint density at radius 2 is 1.81 bits per heavy atom. The number of anilines is 1. The summed E-state index contributed by atoms with van der Waals surface area (Å²) in [5.74, 6) is 0.00681. The molecule has 0 aliphatic heterocycles. The number of nitrogens with zero attached hydrogens (tertiary/aromatic N) is 1. The number of benzene rings is 2. The zero-order valence-corrected chi connectivity index (χ0v) is 17.3. The molecule has 8 heteroatoms. The first-order chi connectivity index (χ1) is 12.6. The van der Waals surface area contributed by atoms with E-state index < -0.39 is 15.9 Å².